The molecule has 0 fully saturated rings. The molecule has 1 unspecified atom stereocenters. The Labute approximate surface area is 84.9 Å². The van der Waals surface area contributed by atoms with E-state index in [4.69, 9.17) is 4.74 Å². The van der Waals surface area contributed by atoms with Crippen LogP contribution in [0.1, 0.15) is 12.5 Å². The maximum absolute atomic E-state index is 9.33. The van der Waals surface area contributed by atoms with Crippen LogP contribution >= 0.6 is 0 Å². The molecule has 0 bridgehead atoms. The fraction of sp³-hybridized carbons (Fsp3) is 0.455. The largest absolute Gasteiger partial charge is 0.496 e. The molecule has 14 heavy (non-hydrogen) atoms. The zero-order valence-corrected chi connectivity index (χ0v) is 8.90. The molecule has 0 heterocycles. The first kappa shape index (κ1) is 11.0. The Balaban J connectivity index is 2.75. The van der Waals surface area contributed by atoms with Crippen LogP contribution in [-0.2, 0) is 6.54 Å². The molecule has 0 saturated heterocycles. The number of aliphatic hydroxyl groups excluding tert-OH is 1. The van der Waals surface area contributed by atoms with Gasteiger partial charge in [-0.1, -0.05) is 18.2 Å². The summed E-state index contributed by atoms with van der Waals surface area (Å²) in [7, 11) is 3.53. The first-order chi connectivity index (χ1) is 6.65. The predicted molar refractivity (Wildman–Crippen MR) is 56.1 cm³/mol. The van der Waals surface area contributed by atoms with Crippen molar-refractivity contribution in [3.8, 4) is 5.75 Å². The summed E-state index contributed by atoms with van der Waals surface area (Å²) in [5, 5.41) is 9.33. The van der Waals surface area contributed by atoms with Gasteiger partial charge in [-0.05, 0) is 20.0 Å². The van der Waals surface area contributed by atoms with Crippen LogP contribution in [0.3, 0.4) is 0 Å². The average Bonchev–Trinajstić information content (AvgIpc) is 2.18. The molecule has 3 heteroatoms. The maximum atomic E-state index is 9.33. The summed E-state index contributed by atoms with van der Waals surface area (Å²) in [4.78, 5) is 1.85. The molecule has 0 aliphatic carbocycles. The summed E-state index contributed by atoms with van der Waals surface area (Å²) in [6.45, 7) is 2.43. The van der Waals surface area contributed by atoms with E-state index in [2.05, 4.69) is 0 Å². The van der Waals surface area contributed by atoms with Gasteiger partial charge in [-0.25, -0.2) is 0 Å². The average molecular weight is 195 g/mol. The molecule has 0 aromatic heterocycles. The van der Waals surface area contributed by atoms with Crippen LogP contribution in [0.4, 0.5) is 0 Å². The lowest BCUT2D eigenvalue weighted by Gasteiger charge is -2.20. The van der Waals surface area contributed by atoms with E-state index in [1.54, 1.807) is 14.0 Å². The van der Waals surface area contributed by atoms with Crippen molar-refractivity contribution in [3.05, 3.63) is 29.8 Å². The van der Waals surface area contributed by atoms with Crippen molar-refractivity contribution in [1.29, 1.82) is 0 Å². The zero-order chi connectivity index (χ0) is 10.6. The number of methoxy groups -OCH3 is 1. The van der Waals surface area contributed by atoms with E-state index in [9.17, 15) is 5.11 Å². The third kappa shape index (κ3) is 2.72. The molecule has 0 saturated carbocycles. The highest BCUT2D eigenvalue weighted by Gasteiger charge is 2.08. The van der Waals surface area contributed by atoms with E-state index in [1.165, 1.54) is 0 Å². The highest BCUT2D eigenvalue weighted by Crippen LogP contribution is 2.18. The summed E-state index contributed by atoms with van der Waals surface area (Å²) in [5.41, 5.74) is 1.08. The van der Waals surface area contributed by atoms with Crippen LogP contribution in [0.2, 0.25) is 0 Å². The van der Waals surface area contributed by atoms with Crippen molar-refractivity contribution in [2.75, 3.05) is 14.2 Å². The summed E-state index contributed by atoms with van der Waals surface area (Å²) >= 11 is 0. The predicted octanol–water partition coefficient (Wildman–Crippen LogP) is 1.47. The van der Waals surface area contributed by atoms with Crippen molar-refractivity contribution in [3.63, 3.8) is 0 Å². The minimum atomic E-state index is -0.445. The normalized spacial score (nSPS) is 12.9. The Hall–Kier alpha value is -1.06. The smallest absolute Gasteiger partial charge is 0.123 e. The van der Waals surface area contributed by atoms with E-state index in [0.717, 1.165) is 11.3 Å². The molecule has 0 amide bonds. The summed E-state index contributed by atoms with van der Waals surface area (Å²) in [6, 6.07) is 7.82. The van der Waals surface area contributed by atoms with Gasteiger partial charge < -0.3 is 9.84 Å². The van der Waals surface area contributed by atoms with Gasteiger partial charge in [0.1, 0.15) is 12.0 Å². The molecule has 1 rings (SSSR count). The lowest BCUT2D eigenvalue weighted by molar-refractivity contribution is 0.0325. The molecule has 0 aliphatic heterocycles. The Bertz CT molecular complexity index is 286. The van der Waals surface area contributed by atoms with Gasteiger partial charge in [-0.15, -0.1) is 0 Å². The number of hydrogen-bond donors (Lipinski definition) is 1. The maximum Gasteiger partial charge on any atom is 0.123 e. The molecule has 0 radical (unpaired) electrons. The lowest BCUT2D eigenvalue weighted by atomic mass is 10.2. The van der Waals surface area contributed by atoms with Gasteiger partial charge in [-0.2, -0.15) is 0 Å². The second-order valence-electron chi connectivity index (χ2n) is 3.36. The van der Waals surface area contributed by atoms with E-state index in [1.807, 2.05) is 36.2 Å². The molecule has 3 nitrogen and oxygen atoms in total. The van der Waals surface area contributed by atoms with Crippen LogP contribution in [0.25, 0.3) is 0 Å². The molecule has 1 aromatic rings. The molecular weight excluding hydrogens is 178 g/mol. The summed E-state index contributed by atoms with van der Waals surface area (Å²) in [5.74, 6) is 0.861. The van der Waals surface area contributed by atoms with Crippen LogP contribution in [0.15, 0.2) is 24.3 Å². The molecular formula is C11H17NO2. The van der Waals surface area contributed by atoms with Crippen molar-refractivity contribution < 1.29 is 9.84 Å². The van der Waals surface area contributed by atoms with Crippen LogP contribution in [-0.4, -0.2) is 30.4 Å². The quantitative estimate of drug-likeness (QED) is 0.738. The molecule has 1 aromatic carbocycles. The van der Waals surface area contributed by atoms with E-state index >= 15 is 0 Å². The second-order valence-corrected chi connectivity index (χ2v) is 3.36. The van der Waals surface area contributed by atoms with Crippen LogP contribution < -0.4 is 4.74 Å². The van der Waals surface area contributed by atoms with E-state index in [-0.39, 0.29) is 0 Å². The third-order valence-corrected chi connectivity index (χ3v) is 2.25. The molecule has 78 valence electrons. The van der Waals surface area contributed by atoms with Crippen molar-refractivity contribution >= 4 is 0 Å². The number of aliphatic hydroxyl groups is 1. The fourth-order valence-electron chi connectivity index (χ4n) is 1.23. The number of para-hydroxylation sites is 1. The Kier molecular flexibility index (Phi) is 3.92. The summed E-state index contributed by atoms with van der Waals surface area (Å²) < 4.78 is 5.22. The summed E-state index contributed by atoms with van der Waals surface area (Å²) in [6.07, 6.45) is -0.445. The lowest BCUT2D eigenvalue weighted by Crippen LogP contribution is -2.28. The Morgan fingerprint density at radius 1 is 1.43 bits per heavy atom. The second kappa shape index (κ2) is 4.98. The number of hydrogen-bond acceptors (Lipinski definition) is 3. The van der Waals surface area contributed by atoms with Gasteiger partial charge in [0, 0.05) is 12.1 Å². The molecule has 1 N–H and O–H groups in total. The van der Waals surface area contributed by atoms with Gasteiger partial charge in [0.25, 0.3) is 0 Å². The van der Waals surface area contributed by atoms with Crippen molar-refractivity contribution in [2.24, 2.45) is 0 Å². The van der Waals surface area contributed by atoms with Crippen molar-refractivity contribution in [2.45, 2.75) is 19.7 Å². The van der Waals surface area contributed by atoms with E-state index in [0.29, 0.717) is 6.54 Å². The minimum absolute atomic E-state index is 0.445. The van der Waals surface area contributed by atoms with Gasteiger partial charge in [0.2, 0.25) is 0 Å². The number of rotatable bonds is 4. The SMILES string of the molecule is COc1ccccc1CN(C)C(C)O. The topological polar surface area (TPSA) is 32.7 Å². The van der Waals surface area contributed by atoms with E-state index < -0.39 is 6.23 Å². The molecule has 0 aliphatic rings. The molecule has 1 atom stereocenters. The first-order valence-electron chi connectivity index (χ1n) is 4.65. The van der Waals surface area contributed by atoms with Gasteiger partial charge in [-0.3, -0.25) is 4.90 Å². The first-order valence-corrected chi connectivity index (χ1v) is 4.65. The van der Waals surface area contributed by atoms with Crippen LogP contribution in [0.5, 0.6) is 5.75 Å². The van der Waals surface area contributed by atoms with Gasteiger partial charge in [0.05, 0.1) is 7.11 Å². The number of nitrogens with zero attached hydrogens (tertiary/aromatic N) is 1. The standard InChI is InChI=1S/C11H17NO2/c1-9(13)12(2)8-10-6-4-5-7-11(10)14-3/h4-7,9,13H,8H2,1-3H3. The highest BCUT2D eigenvalue weighted by atomic mass is 16.5. The molecule has 0 spiro atoms. The third-order valence-electron chi connectivity index (χ3n) is 2.25. The number of benzene rings is 1. The monoisotopic (exact) mass is 195 g/mol. The van der Waals surface area contributed by atoms with Gasteiger partial charge >= 0.3 is 0 Å². The van der Waals surface area contributed by atoms with Crippen molar-refractivity contribution in [1.82, 2.24) is 4.90 Å². The zero-order valence-electron chi connectivity index (χ0n) is 8.90. The van der Waals surface area contributed by atoms with Crippen LogP contribution in [0, 0.1) is 0 Å². The minimum Gasteiger partial charge on any atom is -0.496 e. The Morgan fingerprint density at radius 3 is 2.64 bits per heavy atom. The highest BCUT2D eigenvalue weighted by molar-refractivity contribution is 5.32. The fourth-order valence-corrected chi connectivity index (χ4v) is 1.23. The Morgan fingerprint density at radius 2 is 2.07 bits per heavy atom. The number of ether oxygens (including phenoxy) is 1. The van der Waals surface area contributed by atoms with Gasteiger partial charge in [0.15, 0.2) is 0 Å².